The van der Waals surface area contributed by atoms with Crippen molar-refractivity contribution >= 4 is 6.09 Å². The quantitative estimate of drug-likeness (QED) is 0.604. The average molecular weight is 322 g/mol. The Morgan fingerprint density at radius 3 is 2.65 bits per heavy atom. The fourth-order valence-corrected chi connectivity index (χ4v) is 2.37. The normalized spacial score (nSPS) is 16.0. The molecule has 6 heteroatoms. The van der Waals surface area contributed by atoms with E-state index in [2.05, 4.69) is 10.6 Å². The molecule has 0 radical (unpaired) electrons. The zero-order valence-corrected chi connectivity index (χ0v) is 13.9. The first-order chi connectivity index (χ1) is 10.8. The second-order valence-electron chi connectivity index (χ2n) is 6.99. The summed E-state index contributed by atoms with van der Waals surface area (Å²) in [7, 11) is 0. The molecule has 128 valence electrons. The van der Waals surface area contributed by atoms with Crippen LogP contribution in [0.3, 0.4) is 0 Å². The summed E-state index contributed by atoms with van der Waals surface area (Å²) < 4.78 is 5.24. The number of hydrogen-bond acceptors (Lipinski definition) is 5. The van der Waals surface area contributed by atoms with Gasteiger partial charge in [0.25, 0.3) is 0 Å². The van der Waals surface area contributed by atoms with E-state index < -0.39 is 11.7 Å². The van der Waals surface area contributed by atoms with E-state index in [1.165, 1.54) is 6.07 Å². The molecule has 1 aliphatic carbocycles. The molecule has 6 nitrogen and oxygen atoms in total. The molecule has 1 unspecified atom stereocenters. The topological polar surface area (TPSA) is 90.8 Å². The second kappa shape index (κ2) is 7.08. The van der Waals surface area contributed by atoms with Crippen molar-refractivity contribution in [3.63, 3.8) is 0 Å². The molecule has 0 aromatic heterocycles. The van der Waals surface area contributed by atoms with Gasteiger partial charge in [0, 0.05) is 24.7 Å². The SMILES string of the molecule is CC(C)(C)OC(=O)NCC(NCc1cccc(O)c1O)C1CC1. The Morgan fingerprint density at radius 1 is 1.35 bits per heavy atom. The summed E-state index contributed by atoms with van der Waals surface area (Å²) in [5.74, 6) is 0.290. The van der Waals surface area contributed by atoms with Gasteiger partial charge in [0.05, 0.1) is 0 Å². The van der Waals surface area contributed by atoms with Gasteiger partial charge in [-0.05, 0) is 45.6 Å². The predicted molar refractivity (Wildman–Crippen MR) is 87.4 cm³/mol. The molecule has 0 heterocycles. The van der Waals surface area contributed by atoms with Crippen LogP contribution in [0, 0.1) is 5.92 Å². The van der Waals surface area contributed by atoms with E-state index in [1.54, 1.807) is 12.1 Å². The van der Waals surface area contributed by atoms with E-state index in [4.69, 9.17) is 4.74 Å². The summed E-state index contributed by atoms with van der Waals surface area (Å²) in [6.07, 6.45) is 1.82. The molecule has 23 heavy (non-hydrogen) atoms. The van der Waals surface area contributed by atoms with E-state index in [9.17, 15) is 15.0 Å². The van der Waals surface area contributed by atoms with E-state index in [1.807, 2.05) is 20.8 Å². The lowest BCUT2D eigenvalue weighted by Gasteiger charge is -2.23. The molecule has 4 N–H and O–H groups in total. The minimum Gasteiger partial charge on any atom is -0.504 e. The van der Waals surface area contributed by atoms with Crippen LogP contribution in [0.25, 0.3) is 0 Å². The van der Waals surface area contributed by atoms with Crippen LogP contribution < -0.4 is 10.6 Å². The van der Waals surface area contributed by atoms with E-state index in [0.717, 1.165) is 12.8 Å². The Bertz CT molecular complexity index is 550. The molecule has 2 rings (SSSR count). The second-order valence-corrected chi connectivity index (χ2v) is 6.99. The number of phenolic OH excluding ortho intramolecular Hbond substituents is 2. The number of benzene rings is 1. The van der Waals surface area contributed by atoms with Gasteiger partial charge >= 0.3 is 6.09 Å². The highest BCUT2D eigenvalue weighted by Gasteiger charge is 2.31. The Balaban J connectivity index is 1.85. The largest absolute Gasteiger partial charge is 0.504 e. The third-order valence-corrected chi connectivity index (χ3v) is 3.71. The van der Waals surface area contributed by atoms with Crippen molar-refractivity contribution in [1.82, 2.24) is 10.6 Å². The minimum absolute atomic E-state index is 0.102. The van der Waals surface area contributed by atoms with Crippen LogP contribution in [0.5, 0.6) is 11.5 Å². The van der Waals surface area contributed by atoms with Gasteiger partial charge in [0.2, 0.25) is 0 Å². The monoisotopic (exact) mass is 322 g/mol. The zero-order chi connectivity index (χ0) is 17.0. The molecular weight excluding hydrogens is 296 g/mol. The van der Waals surface area contributed by atoms with Crippen LogP contribution in [-0.2, 0) is 11.3 Å². The van der Waals surface area contributed by atoms with E-state index >= 15 is 0 Å². The molecule has 1 amide bonds. The lowest BCUT2D eigenvalue weighted by molar-refractivity contribution is 0.0521. The first kappa shape index (κ1) is 17.4. The predicted octanol–water partition coefficient (Wildman–Crippen LogP) is 2.49. The summed E-state index contributed by atoms with van der Waals surface area (Å²) in [6.45, 7) is 6.38. The van der Waals surface area contributed by atoms with Crippen molar-refractivity contribution in [1.29, 1.82) is 0 Å². The van der Waals surface area contributed by atoms with Crippen molar-refractivity contribution in [2.75, 3.05) is 6.54 Å². The Hall–Kier alpha value is -1.95. The van der Waals surface area contributed by atoms with Crippen molar-refractivity contribution in [3.05, 3.63) is 23.8 Å². The first-order valence-corrected chi connectivity index (χ1v) is 7.96. The maximum Gasteiger partial charge on any atom is 0.407 e. The number of para-hydroxylation sites is 1. The number of hydrogen-bond donors (Lipinski definition) is 4. The third-order valence-electron chi connectivity index (χ3n) is 3.71. The fraction of sp³-hybridized carbons (Fsp3) is 0.588. The molecule has 1 aromatic rings. The number of ether oxygens (including phenoxy) is 1. The van der Waals surface area contributed by atoms with Crippen molar-refractivity contribution in [3.8, 4) is 11.5 Å². The third kappa shape index (κ3) is 5.63. The number of carbonyl (C=O) groups excluding carboxylic acids is 1. The number of phenols is 2. The fourth-order valence-electron chi connectivity index (χ4n) is 2.37. The van der Waals surface area contributed by atoms with Gasteiger partial charge in [0.15, 0.2) is 11.5 Å². The molecule has 1 atom stereocenters. The van der Waals surface area contributed by atoms with Gasteiger partial charge in [-0.1, -0.05) is 12.1 Å². The Morgan fingerprint density at radius 2 is 2.04 bits per heavy atom. The van der Waals surface area contributed by atoms with Crippen molar-refractivity contribution in [2.24, 2.45) is 5.92 Å². The number of nitrogens with one attached hydrogen (secondary N) is 2. The van der Waals surface area contributed by atoms with Gasteiger partial charge < -0.3 is 25.6 Å². The number of aromatic hydroxyl groups is 2. The first-order valence-electron chi connectivity index (χ1n) is 7.96. The highest BCUT2D eigenvalue weighted by Crippen LogP contribution is 2.33. The minimum atomic E-state index is -0.514. The molecule has 0 aliphatic heterocycles. The van der Waals surface area contributed by atoms with Gasteiger partial charge in [-0.25, -0.2) is 4.79 Å². The van der Waals surface area contributed by atoms with Crippen molar-refractivity contribution in [2.45, 2.75) is 51.8 Å². The van der Waals surface area contributed by atoms with Crippen LogP contribution in [0.4, 0.5) is 4.79 Å². The molecule has 0 bridgehead atoms. The highest BCUT2D eigenvalue weighted by molar-refractivity contribution is 5.67. The maximum atomic E-state index is 11.7. The number of alkyl carbamates (subject to hydrolysis) is 1. The van der Waals surface area contributed by atoms with E-state index in [0.29, 0.717) is 24.6 Å². The van der Waals surface area contributed by atoms with Crippen LogP contribution in [0.1, 0.15) is 39.2 Å². The summed E-state index contributed by atoms with van der Waals surface area (Å²) in [5, 5.41) is 25.5. The van der Waals surface area contributed by atoms with Crippen LogP contribution >= 0.6 is 0 Å². The lowest BCUT2D eigenvalue weighted by atomic mass is 10.1. The molecule has 1 saturated carbocycles. The molecule has 1 aromatic carbocycles. The summed E-state index contributed by atoms with van der Waals surface area (Å²) in [5.41, 5.74) is 0.118. The molecule has 1 aliphatic rings. The zero-order valence-electron chi connectivity index (χ0n) is 13.9. The van der Waals surface area contributed by atoms with Gasteiger partial charge in [0.1, 0.15) is 5.60 Å². The maximum absolute atomic E-state index is 11.7. The highest BCUT2D eigenvalue weighted by atomic mass is 16.6. The molecule has 0 saturated heterocycles. The van der Waals surface area contributed by atoms with Gasteiger partial charge in [-0.2, -0.15) is 0 Å². The van der Waals surface area contributed by atoms with Crippen LogP contribution in [0.15, 0.2) is 18.2 Å². The standard InChI is InChI=1S/C17H26N2O4/c1-17(2,3)23-16(22)19-10-13(11-7-8-11)18-9-12-5-4-6-14(20)15(12)21/h4-6,11,13,18,20-21H,7-10H2,1-3H3,(H,19,22). The molecule has 1 fully saturated rings. The number of carbonyl (C=O) groups is 1. The van der Waals surface area contributed by atoms with Gasteiger partial charge in [-0.15, -0.1) is 0 Å². The summed E-state index contributed by atoms with van der Waals surface area (Å²) in [4.78, 5) is 11.7. The number of rotatable bonds is 6. The van der Waals surface area contributed by atoms with Gasteiger partial charge in [-0.3, -0.25) is 0 Å². The van der Waals surface area contributed by atoms with E-state index in [-0.39, 0.29) is 17.5 Å². The molecule has 0 spiro atoms. The van der Waals surface area contributed by atoms with Crippen LogP contribution in [-0.4, -0.2) is 34.5 Å². The Kier molecular flexibility index (Phi) is 5.36. The van der Waals surface area contributed by atoms with Crippen LogP contribution in [0.2, 0.25) is 0 Å². The smallest absolute Gasteiger partial charge is 0.407 e. The Labute approximate surface area is 136 Å². The van der Waals surface area contributed by atoms with Crippen molar-refractivity contribution < 1.29 is 19.7 Å². The molecular formula is C17H26N2O4. The average Bonchev–Trinajstić information content (AvgIpc) is 3.25. The summed E-state index contributed by atoms with van der Waals surface area (Å²) in [6, 6.07) is 5.01. The number of amides is 1. The lowest BCUT2D eigenvalue weighted by Crippen LogP contribution is -2.43. The summed E-state index contributed by atoms with van der Waals surface area (Å²) >= 11 is 0.